The molecule has 3 amide bonds. The standard InChI is InChI=1S/C26H29FN4O5/c1-16-7-12-21(35-16)25(26(34)28-19-5-3-4-6-19)31(20-10-8-18(27)9-11-20)24(33)14-13-23(32)29-22-15-17(2)36-30-22/h7-12,15,19,25H,3-6,13-14H2,1-2H3,(H,28,34)(H,29,30,32)/t25-/m1/s1. The Labute approximate surface area is 208 Å². The highest BCUT2D eigenvalue weighted by Crippen LogP contribution is 2.31. The molecule has 0 bridgehead atoms. The third-order valence-electron chi connectivity index (χ3n) is 6.07. The molecule has 1 fully saturated rings. The predicted molar refractivity (Wildman–Crippen MR) is 130 cm³/mol. The average molecular weight is 497 g/mol. The van der Waals surface area contributed by atoms with Gasteiger partial charge in [0.1, 0.15) is 23.1 Å². The second kappa shape index (κ2) is 11.2. The summed E-state index contributed by atoms with van der Waals surface area (Å²) in [5.41, 5.74) is 0.314. The molecule has 1 aliphatic rings. The molecule has 1 aromatic carbocycles. The van der Waals surface area contributed by atoms with Gasteiger partial charge in [0, 0.05) is 30.6 Å². The number of carbonyl (C=O) groups is 3. The van der Waals surface area contributed by atoms with Gasteiger partial charge >= 0.3 is 0 Å². The second-order valence-corrected chi connectivity index (χ2v) is 8.95. The lowest BCUT2D eigenvalue weighted by Gasteiger charge is -2.31. The normalized spacial score (nSPS) is 14.4. The van der Waals surface area contributed by atoms with E-state index in [-0.39, 0.29) is 30.5 Å². The molecule has 4 rings (SSSR count). The first-order chi connectivity index (χ1) is 17.3. The van der Waals surface area contributed by atoms with Crippen molar-refractivity contribution in [1.82, 2.24) is 10.5 Å². The van der Waals surface area contributed by atoms with Crippen molar-refractivity contribution in [2.75, 3.05) is 10.2 Å². The van der Waals surface area contributed by atoms with Crippen LogP contribution in [0.3, 0.4) is 0 Å². The molecule has 0 saturated heterocycles. The van der Waals surface area contributed by atoms with Crippen LogP contribution in [0.15, 0.2) is 51.4 Å². The maximum absolute atomic E-state index is 13.7. The lowest BCUT2D eigenvalue weighted by Crippen LogP contribution is -2.46. The number of nitrogens with zero attached hydrogens (tertiary/aromatic N) is 2. The van der Waals surface area contributed by atoms with Gasteiger partial charge in [-0.25, -0.2) is 4.39 Å². The van der Waals surface area contributed by atoms with Gasteiger partial charge in [-0.05, 0) is 63.1 Å². The Morgan fingerprint density at radius 1 is 1.06 bits per heavy atom. The van der Waals surface area contributed by atoms with E-state index in [2.05, 4.69) is 15.8 Å². The molecule has 36 heavy (non-hydrogen) atoms. The number of aryl methyl sites for hydroxylation is 2. The number of hydrogen-bond acceptors (Lipinski definition) is 6. The molecule has 3 aromatic rings. The Balaban J connectivity index is 1.59. The van der Waals surface area contributed by atoms with Gasteiger partial charge in [0.2, 0.25) is 11.8 Å². The topological polar surface area (TPSA) is 118 Å². The van der Waals surface area contributed by atoms with Crippen LogP contribution in [-0.4, -0.2) is 28.9 Å². The van der Waals surface area contributed by atoms with Gasteiger partial charge in [0.05, 0.1) is 0 Å². The maximum Gasteiger partial charge on any atom is 0.251 e. The Morgan fingerprint density at radius 2 is 1.78 bits per heavy atom. The molecule has 10 heteroatoms. The molecule has 0 unspecified atom stereocenters. The first kappa shape index (κ1) is 25.2. The number of nitrogens with one attached hydrogen (secondary N) is 2. The van der Waals surface area contributed by atoms with Crippen LogP contribution < -0.4 is 15.5 Å². The van der Waals surface area contributed by atoms with E-state index in [1.807, 2.05) is 0 Å². The van der Waals surface area contributed by atoms with E-state index in [9.17, 15) is 18.8 Å². The van der Waals surface area contributed by atoms with Crippen molar-refractivity contribution < 1.29 is 27.7 Å². The summed E-state index contributed by atoms with van der Waals surface area (Å²) < 4.78 is 24.4. The Hall–Kier alpha value is -3.95. The number of aromatic nitrogens is 1. The first-order valence-corrected chi connectivity index (χ1v) is 12.0. The Morgan fingerprint density at radius 3 is 2.39 bits per heavy atom. The molecule has 0 spiro atoms. The van der Waals surface area contributed by atoms with Gasteiger partial charge in [0.25, 0.3) is 5.91 Å². The number of carbonyl (C=O) groups excluding carboxylic acids is 3. The molecule has 1 aliphatic carbocycles. The highest BCUT2D eigenvalue weighted by atomic mass is 19.1. The summed E-state index contributed by atoms with van der Waals surface area (Å²) in [5, 5.41) is 9.33. The zero-order chi connectivity index (χ0) is 25.7. The smallest absolute Gasteiger partial charge is 0.251 e. The van der Waals surface area contributed by atoms with Crippen molar-refractivity contribution in [3.63, 3.8) is 0 Å². The molecular weight excluding hydrogens is 467 g/mol. The van der Waals surface area contributed by atoms with Gasteiger partial charge < -0.3 is 19.6 Å². The van der Waals surface area contributed by atoms with E-state index >= 15 is 0 Å². The predicted octanol–water partition coefficient (Wildman–Crippen LogP) is 4.58. The summed E-state index contributed by atoms with van der Waals surface area (Å²) in [6.45, 7) is 3.44. The van der Waals surface area contributed by atoms with Crippen molar-refractivity contribution in [1.29, 1.82) is 0 Å². The first-order valence-electron chi connectivity index (χ1n) is 12.0. The summed E-state index contributed by atoms with van der Waals surface area (Å²) in [5.74, 6) is -0.148. The maximum atomic E-state index is 13.7. The quantitative estimate of drug-likeness (QED) is 0.448. The van der Waals surface area contributed by atoms with Gasteiger partial charge in [-0.2, -0.15) is 0 Å². The summed E-state index contributed by atoms with van der Waals surface area (Å²) in [4.78, 5) is 40.8. The number of amides is 3. The minimum Gasteiger partial charge on any atom is -0.464 e. The van der Waals surface area contributed by atoms with Crippen LogP contribution in [0.1, 0.15) is 61.8 Å². The fraction of sp³-hybridized carbons (Fsp3) is 0.385. The number of rotatable bonds is 9. The van der Waals surface area contributed by atoms with Crippen LogP contribution >= 0.6 is 0 Å². The van der Waals surface area contributed by atoms with Crippen LogP contribution in [0.25, 0.3) is 0 Å². The molecule has 190 valence electrons. The number of benzene rings is 1. The van der Waals surface area contributed by atoms with Crippen molar-refractivity contribution >= 4 is 29.2 Å². The Bertz CT molecular complexity index is 1210. The third kappa shape index (κ3) is 6.18. The molecular formula is C26H29FN4O5. The van der Waals surface area contributed by atoms with Gasteiger partial charge in [-0.15, -0.1) is 0 Å². The van der Waals surface area contributed by atoms with Crippen molar-refractivity contribution in [2.45, 2.75) is 64.5 Å². The molecule has 0 radical (unpaired) electrons. The number of halogens is 1. The van der Waals surface area contributed by atoms with Crippen molar-refractivity contribution in [3.8, 4) is 0 Å². The molecule has 2 heterocycles. The zero-order valence-electron chi connectivity index (χ0n) is 20.3. The molecule has 1 atom stereocenters. The number of furan rings is 1. The monoisotopic (exact) mass is 496 g/mol. The van der Waals surface area contributed by atoms with Gasteiger partial charge in [-0.1, -0.05) is 18.0 Å². The average Bonchev–Trinajstić information content (AvgIpc) is 3.60. The number of anilines is 2. The minimum absolute atomic E-state index is 0.0120. The highest BCUT2D eigenvalue weighted by molar-refractivity contribution is 6.03. The molecule has 2 aromatic heterocycles. The zero-order valence-corrected chi connectivity index (χ0v) is 20.3. The summed E-state index contributed by atoms with van der Waals surface area (Å²) in [7, 11) is 0. The summed E-state index contributed by atoms with van der Waals surface area (Å²) in [6, 6.07) is 9.10. The molecule has 0 aliphatic heterocycles. The van der Waals surface area contributed by atoms with E-state index in [0.717, 1.165) is 25.7 Å². The van der Waals surface area contributed by atoms with E-state index in [1.54, 1.807) is 32.0 Å². The summed E-state index contributed by atoms with van der Waals surface area (Å²) >= 11 is 0. The molecule has 2 N–H and O–H groups in total. The summed E-state index contributed by atoms with van der Waals surface area (Å²) in [6.07, 6.45) is 3.42. The van der Waals surface area contributed by atoms with E-state index in [1.165, 1.54) is 29.2 Å². The fourth-order valence-corrected chi connectivity index (χ4v) is 4.33. The third-order valence-corrected chi connectivity index (χ3v) is 6.07. The lowest BCUT2D eigenvalue weighted by atomic mass is 10.1. The van der Waals surface area contributed by atoms with E-state index in [0.29, 0.717) is 17.2 Å². The number of hydrogen-bond donors (Lipinski definition) is 2. The second-order valence-electron chi connectivity index (χ2n) is 8.95. The van der Waals surface area contributed by atoms with Crippen LogP contribution in [-0.2, 0) is 14.4 Å². The van der Waals surface area contributed by atoms with Crippen molar-refractivity contribution in [3.05, 3.63) is 65.6 Å². The van der Waals surface area contributed by atoms with E-state index in [4.69, 9.17) is 8.94 Å². The van der Waals surface area contributed by atoms with Crippen molar-refractivity contribution in [2.24, 2.45) is 0 Å². The van der Waals surface area contributed by atoms with Crippen LogP contribution in [0, 0.1) is 19.7 Å². The van der Waals surface area contributed by atoms with E-state index < -0.39 is 29.6 Å². The molecule has 1 saturated carbocycles. The van der Waals surface area contributed by atoms with Gasteiger partial charge in [0.15, 0.2) is 11.9 Å². The van der Waals surface area contributed by atoms with Crippen LogP contribution in [0.4, 0.5) is 15.9 Å². The fourth-order valence-electron chi connectivity index (χ4n) is 4.33. The largest absolute Gasteiger partial charge is 0.464 e. The van der Waals surface area contributed by atoms with Crippen LogP contribution in [0.2, 0.25) is 0 Å². The molecule has 9 nitrogen and oxygen atoms in total. The SMILES string of the molecule is Cc1cc(NC(=O)CCC(=O)N(c2ccc(F)cc2)[C@@H](C(=O)NC2CCCC2)c2ccc(C)o2)no1. The Kier molecular flexibility index (Phi) is 7.82. The minimum atomic E-state index is -1.13. The van der Waals surface area contributed by atoms with Crippen LogP contribution in [0.5, 0.6) is 0 Å². The highest BCUT2D eigenvalue weighted by Gasteiger charge is 2.36. The lowest BCUT2D eigenvalue weighted by molar-refractivity contribution is -0.128. The van der Waals surface area contributed by atoms with Gasteiger partial charge in [-0.3, -0.25) is 19.3 Å².